The van der Waals surface area contributed by atoms with Gasteiger partial charge in [-0.05, 0) is 49.6 Å². The monoisotopic (exact) mass is 207 g/mol. The summed E-state index contributed by atoms with van der Waals surface area (Å²) in [7, 11) is 0. The summed E-state index contributed by atoms with van der Waals surface area (Å²) in [4.78, 5) is 1.39. The summed E-state index contributed by atoms with van der Waals surface area (Å²) in [5.41, 5.74) is 8.82. The van der Waals surface area contributed by atoms with Crippen molar-refractivity contribution in [3.05, 3.63) is 27.5 Å². The highest BCUT2D eigenvalue weighted by Gasteiger charge is 2.12. The Morgan fingerprint density at radius 1 is 1.43 bits per heavy atom. The highest BCUT2D eigenvalue weighted by atomic mass is 32.1. The molecule has 0 aromatic carbocycles. The summed E-state index contributed by atoms with van der Waals surface area (Å²) in [6.45, 7) is 2.16. The Balaban J connectivity index is 2.04. The van der Waals surface area contributed by atoms with E-state index in [0.717, 1.165) is 12.8 Å². The van der Waals surface area contributed by atoms with Crippen molar-refractivity contribution in [1.29, 1.82) is 0 Å². The van der Waals surface area contributed by atoms with Gasteiger partial charge in [0.1, 0.15) is 0 Å². The maximum atomic E-state index is 5.87. The van der Waals surface area contributed by atoms with Crippen LogP contribution < -0.4 is 5.73 Å². The molecule has 0 unspecified atom stereocenters. The van der Waals surface area contributed by atoms with Gasteiger partial charge in [-0.2, -0.15) is 0 Å². The van der Waals surface area contributed by atoms with Gasteiger partial charge in [0.05, 0.1) is 0 Å². The van der Waals surface area contributed by atoms with E-state index in [0.29, 0.717) is 6.04 Å². The Bertz CT molecular complexity index is 328. The number of aryl methyl sites for hydroxylation is 1. The van der Waals surface area contributed by atoms with Crippen molar-refractivity contribution in [1.82, 2.24) is 0 Å². The molecule has 1 aliphatic carbocycles. The second-order valence-electron chi connectivity index (χ2n) is 4.13. The van der Waals surface area contributed by atoms with Crippen LogP contribution in [0.5, 0.6) is 0 Å². The molecule has 1 aromatic rings. The molecule has 1 aromatic heterocycles. The minimum Gasteiger partial charge on any atom is -0.328 e. The third-order valence-corrected chi connectivity index (χ3v) is 3.67. The van der Waals surface area contributed by atoms with Gasteiger partial charge in [-0.25, -0.2) is 0 Å². The number of rotatable bonds is 1. The van der Waals surface area contributed by atoms with Crippen LogP contribution in [0.2, 0.25) is 0 Å². The predicted octanol–water partition coefficient (Wildman–Crippen LogP) is 3.34. The van der Waals surface area contributed by atoms with Gasteiger partial charge >= 0.3 is 0 Å². The Morgan fingerprint density at radius 3 is 2.71 bits per heavy atom. The average molecular weight is 207 g/mol. The molecule has 0 aliphatic heterocycles. The Morgan fingerprint density at radius 2 is 2.14 bits per heavy atom. The third kappa shape index (κ3) is 2.46. The van der Waals surface area contributed by atoms with Crippen LogP contribution in [0.4, 0.5) is 0 Å². The van der Waals surface area contributed by atoms with Gasteiger partial charge in [0.15, 0.2) is 0 Å². The van der Waals surface area contributed by atoms with Crippen molar-refractivity contribution in [2.45, 2.75) is 38.6 Å². The summed E-state index contributed by atoms with van der Waals surface area (Å²) < 4.78 is 0. The van der Waals surface area contributed by atoms with Gasteiger partial charge in [-0.1, -0.05) is 11.6 Å². The maximum absolute atomic E-state index is 5.87. The summed E-state index contributed by atoms with van der Waals surface area (Å²) in [5.74, 6) is 0. The molecule has 0 atom stereocenters. The van der Waals surface area contributed by atoms with Crippen LogP contribution in [0.3, 0.4) is 0 Å². The Labute approximate surface area is 89.6 Å². The number of hydrogen-bond donors (Lipinski definition) is 1. The summed E-state index contributed by atoms with van der Waals surface area (Å²) in [5, 5.41) is 2.23. The molecule has 0 spiro atoms. The summed E-state index contributed by atoms with van der Waals surface area (Å²) >= 11 is 1.82. The van der Waals surface area contributed by atoms with E-state index < -0.39 is 0 Å². The van der Waals surface area contributed by atoms with E-state index in [1.54, 1.807) is 5.57 Å². The molecule has 76 valence electrons. The number of hydrogen-bond acceptors (Lipinski definition) is 2. The lowest BCUT2D eigenvalue weighted by molar-refractivity contribution is 0.514. The number of thiophene rings is 1. The molecule has 1 fully saturated rings. The van der Waals surface area contributed by atoms with E-state index in [1.807, 2.05) is 11.3 Å². The van der Waals surface area contributed by atoms with E-state index in [-0.39, 0.29) is 0 Å². The Kier molecular flexibility index (Phi) is 3.04. The van der Waals surface area contributed by atoms with Crippen LogP contribution in [0.15, 0.2) is 17.0 Å². The lowest BCUT2D eigenvalue weighted by Crippen LogP contribution is -2.23. The molecule has 1 nitrogen and oxygen atoms in total. The molecular weight excluding hydrogens is 190 g/mol. The number of nitrogens with two attached hydrogens (primary N) is 1. The van der Waals surface area contributed by atoms with Gasteiger partial charge in [-0.3, -0.25) is 0 Å². The first-order chi connectivity index (χ1) is 6.74. The van der Waals surface area contributed by atoms with Crippen molar-refractivity contribution in [3.63, 3.8) is 0 Å². The Hall–Kier alpha value is -0.600. The molecule has 0 saturated heterocycles. The normalized spacial score (nSPS) is 22.4. The van der Waals surface area contributed by atoms with Crippen LogP contribution >= 0.6 is 11.3 Å². The van der Waals surface area contributed by atoms with E-state index in [4.69, 9.17) is 5.73 Å². The van der Waals surface area contributed by atoms with Crippen molar-refractivity contribution in [2.75, 3.05) is 0 Å². The van der Waals surface area contributed by atoms with E-state index in [9.17, 15) is 0 Å². The van der Waals surface area contributed by atoms with Crippen LogP contribution in [-0.2, 0) is 0 Å². The van der Waals surface area contributed by atoms with Crippen LogP contribution in [0.25, 0.3) is 6.08 Å². The lowest BCUT2D eigenvalue weighted by Gasteiger charge is -2.19. The zero-order chi connectivity index (χ0) is 9.97. The standard InChI is InChI=1S/C12H17NS/c1-9-6-11(8-14-9)7-10-2-4-12(13)5-3-10/h6-8,12H,2-5,13H2,1H3. The van der Waals surface area contributed by atoms with Gasteiger partial charge in [0.25, 0.3) is 0 Å². The van der Waals surface area contributed by atoms with Crippen LogP contribution in [-0.4, -0.2) is 6.04 Å². The fraction of sp³-hybridized carbons (Fsp3) is 0.500. The fourth-order valence-corrected chi connectivity index (χ4v) is 2.59. The third-order valence-electron chi connectivity index (χ3n) is 2.79. The highest BCUT2D eigenvalue weighted by Crippen LogP contribution is 2.25. The highest BCUT2D eigenvalue weighted by molar-refractivity contribution is 7.10. The average Bonchev–Trinajstić information content (AvgIpc) is 2.56. The second-order valence-corrected chi connectivity index (χ2v) is 5.25. The van der Waals surface area contributed by atoms with Crippen LogP contribution in [0.1, 0.15) is 36.1 Å². The lowest BCUT2D eigenvalue weighted by atomic mass is 9.90. The minimum atomic E-state index is 0.441. The maximum Gasteiger partial charge on any atom is 0.00449 e. The molecule has 2 heteroatoms. The summed E-state index contributed by atoms with van der Waals surface area (Å²) in [6.07, 6.45) is 7.05. The van der Waals surface area contributed by atoms with Gasteiger partial charge in [0.2, 0.25) is 0 Å². The molecule has 14 heavy (non-hydrogen) atoms. The first-order valence-electron chi connectivity index (χ1n) is 5.24. The van der Waals surface area contributed by atoms with Gasteiger partial charge < -0.3 is 5.73 Å². The molecule has 1 aliphatic rings. The second kappa shape index (κ2) is 4.28. The van der Waals surface area contributed by atoms with E-state index >= 15 is 0 Å². The number of allylic oxidation sites excluding steroid dienone is 1. The fourth-order valence-electron chi connectivity index (χ4n) is 1.93. The molecule has 0 radical (unpaired) electrons. The first kappa shape index (κ1) is 9.94. The van der Waals surface area contributed by atoms with Crippen LogP contribution in [0, 0.1) is 6.92 Å². The smallest absolute Gasteiger partial charge is 0.00449 e. The molecule has 0 bridgehead atoms. The van der Waals surface area contributed by atoms with E-state index in [1.165, 1.54) is 23.3 Å². The van der Waals surface area contributed by atoms with E-state index in [2.05, 4.69) is 24.4 Å². The molecule has 1 heterocycles. The predicted molar refractivity (Wildman–Crippen MR) is 63.5 cm³/mol. The largest absolute Gasteiger partial charge is 0.328 e. The van der Waals surface area contributed by atoms with Crippen molar-refractivity contribution in [3.8, 4) is 0 Å². The first-order valence-corrected chi connectivity index (χ1v) is 6.12. The van der Waals surface area contributed by atoms with Gasteiger partial charge in [-0.15, -0.1) is 11.3 Å². The quantitative estimate of drug-likeness (QED) is 0.751. The molecule has 2 rings (SSSR count). The van der Waals surface area contributed by atoms with Crippen molar-refractivity contribution < 1.29 is 0 Å². The van der Waals surface area contributed by atoms with Crippen molar-refractivity contribution in [2.24, 2.45) is 5.73 Å². The zero-order valence-electron chi connectivity index (χ0n) is 8.62. The minimum absolute atomic E-state index is 0.441. The van der Waals surface area contributed by atoms with Gasteiger partial charge in [0, 0.05) is 10.9 Å². The zero-order valence-corrected chi connectivity index (χ0v) is 9.44. The molecule has 1 saturated carbocycles. The molecule has 0 amide bonds. The summed E-state index contributed by atoms with van der Waals surface area (Å²) in [6, 6.07) is 2.70. The van der Waals surface area contributed by atoms with Crippen molar-refractivity contribution >= 4 is 17.4 Å². The SMILES string of the molecule is Cc1cc(C=C2CCC(N)CC2)cs1. The molecular formula is C12H17NS. The topological polar surface area (TPSA) is 26.0 Å². The molecule has 2 N–H and O–H groups in total.